The van der Waals surface area contributed by atoms with Gasteiger partial charge in [0.2, 0.25) is 0 Å². The lowest BCUT2D eigenvalue weighted by Crippen LogP contribution is -2.40. The number of hydrogen-bond acceptors (Lipinski definition) is 5. The van der Waals surface area contributed by atoms with Crippen molar-refractivity contribution >= 4 is 11.8 Å². The summed E-state index contributed by atoms with van der Waals surface area (Å²) < 4.78 is 56.4. The third-order valence-electron chi connectivity index (χ3n) is 5.24. The van der Waals surface area contributed by atoms with Gasteiger partial charge < -0.3 is 15.8 Å². The lowest BCUT2D eigenvalue weighted by molar-refractivity contribution is -0.274. The second-order valence-corrected chi connectivity index (χ2v) is 7.57. The molecule has 1 atom stereocenters. The summed E-state index contributed by atoms with van der Waals surface area (Å²) in [5.74, 6) is -0.293. The first kappa shape index (κ1) is 26.7. The van der Waals surface area contributed by atoms with Gasteiger partial charge in [0.05, 0.1) is 0 Å². The Morgan fingerprint density at radius 2 is 1.78 bits per heavy atom. The van der Waals surface area contributed by atoms with Crippen LogP contribution in [0.3, 0.4) is 0 Å². The average molecular weight is 502 g/mol. The van der Waals surface area contributed by atoms with Gasteiger partial charge in [0, 0.05) is 24.5 Å². The Bertz CT molecular complexity index is 1240. The zero-order valence-corrected chi connectivity index (χ0v) is 20.1. The maximum absolute atomic E-state index is 14.5. The monoisotopic (exact) mass is 501 g/mol. The smallest absolute Gasteiger partial charge is 0.406 e. The molecule has 0 radical (unpaired) electrons. The molecule has 2 aromatic carbocycles. The summed E-state index contributed by atoms with van der Waals surface area (Å²) in [4.78, 5) is 13.3. The van der Waals surface area contributed by atoms with Crippen LogP contribution in [-0.2, 0) is 5.54 Å². The zero-order valence-electron chi connectivity index (χ0n) is 20.1. The number of alkyl halides is 3. The van der Waals surface area contributed by atoms with E-state index in [2.05, 4.69) is 25.0 Å². The third-order valence-corrected chi connectivity index (χ3v) is 5.24. The fourth-order valence-corrected chi connectivity index (χ4v) is 3.82. The van der Waals surface area contributed by atoms with Crippen molar-refractivity contribution in [2.45, 2.75) is 39.1 Å². The fourth-order valence-electron chi connectivity index (χ4n) is 3.82. The highest BCUT2D eigenvalue weighted by atomic mass is 19.4. The van der Waals surface area contributed by atoms with Crippen molar-refractivity contribution in [1.29, 1.82) is 0 Å². The second kappa shape index (κ2) is 11.2. The third kappa shape index (κ3) is 5.64. The quantitative estimate of drug-likeness (QED) is 0.419. The van der Waals surface area contributed by atoms with E-state index in [1.807, 2.05) is 20.8 Å². The standard InChI is InChI=1S/C24H21F4N5O.C2H6/c1-2-11-31-21-23(33-22(29)32-21,16-6-8-18(9-7-16)34-24(26,27)28)17-5-3-4-15(13-17)19-14-30-12-10-20(19)25;1-2/h3-10,12-14H,2,11H2,1H3,(H3,29,31,32,33);1-2H3. The molecule has 0 saturated heterocycles. The summed E-state index contributed by atoms with van der Waals surface area (Å²) in [6.07, 6.45) is -1.29. The van der Waals surface area contributed by atoms with Crippen molar-refractivity contribution in [2.24, 2.45) is 15.7 Å². The van der Waals surface area contributed by atoms with Gasteiger partial charge in [0.25, 0.3) is 0 Å². The van der Waals surface area contributed by atoms with Crippen molar-refractivity contribution in [1.82, 2.24) is 10.3 Å². The van der Waals surface area contributed by atoms with Crippen molar-refractivity contribution in [3.8, 4) is 16.9 Å². The van der Waals surface area contributed by atoms with Crippen LogP contribution in [0.15, 0.2) is 77.0 Å². The minimum atomic E-state index is -4.81. The largest absolute Gasteiger partial charge is 0.573 e. The van der Waals surface area contributed by atoms with Gasteiger partial charge in [-0.05, 0) is 47.4 Å². The molecule has 0 saturated carbocycles. The topological polar surface area (TPSA) is 84.9 Å². The van der Waals surface area contributed by atoms with E-state index in [1.54, 1.807) is 24.3 Å². The SMILES string of the molecule is CC.CCCN=C1NC(N)=NC1(c1ccc(OC(F)(F)F)cc1)c1cccc(-c2cnccc2F)c1. The lowest BCUT2D eigenvalue weighted by atomic mass is 9.81. The van der Waals surface area contributed by atoms with Gasteiger partial charge >= 0.3 is 6.36 Å². The molecule has 0 bridgehead atoms. The molecule has 0 spiro atoms. The molecule has 0 fully saturated rings. The number of pyridine rings is 1. The summed E-state index contributed by atoms with van der Waals surface area (Å²) in [7, 11) is 0. The summed E-state index contributed by atoms with van der Waals surface area (Å²) in [6, 6.07) is 13.6. The number of ether oxygens (including phenoxy) is 1. The van der Waals surface area contributed by atoms with E-state index >= 15 is 0 Å². The van der Waals surface area contributed by atoms with Crippen LogP contribution in [0.1, 0.15) is 38.3 Å². The van der Waals surface area contributed by atoms with Gasteiger partial charge in [0.1, 0.15) is 17.4 Å². The molecule has 0 aliphatic carbocycles. The van der Waals surface area contributed by atoms with Gasteiger partial charge in [-0.1, -0.05) is 51.1 Å². The molecule has 3 aromatic rings. The van der Waals surface area contributed by atoms with Crippen LogP contribution in [0, 0.1) is 5.82 Å². The van der Waals surface area contributed by atoms with Crippen molar-refractivity contribution < 1.29 is 22.3 Å². The predicted octanol–water partition coefficient (Wildman–Crippen LogP) is 5.78. The molecule has 10 heteroatoms. The lowest BCUT2D eigenvalue weighted by Gasteiger charge is -2.28. The minimum absolute atomic E-state index is 0.100. The number of nitrogens with two attached hydrogens (primary N) is 1. The second-order valence-electron chi connectivity index (χ2n) is 7.57. The molecular weight excluding hydrogens is 474 g/mol. The van der Waals surface area contributed by atoms with Crippen molar-refractivity contribution in [2.75, 3.05) is 6.54 Å². The van der Waals surface area contributed by atoms with Gasteiger partial charge in [-0.25, -0.2) is 9.38 Å². The number of halogens is 4. The van der Waals surface area contributed by atoms with Gasteiger partial charge in [-0.2, -0.15) is 0 Å². The Hall–Kier alpha value is -3.95. The highest BCUT2D eigenvalue weighted by Gasteiger charge is 2.45. The van der Waals surface area contributed by atoms with Crippen LogP contribution >= 0.6 is 0 Å². The number of nitrogens with one attached hydrogen (secondary N) is 1. The number of nitrogens with zero attached hydrogens (tertiary/aromatic N) is 3. The Morgan fingerprint density at radius 1 is 1.06 bits per heavy atom. The molecule has 1 unspecified atom stereocenters. The van der Waals surface area contributed by atoms with E-state index in [4.69, 9.17) is 5.73 Å². The Kier molecular flexibility index (Phi) is 8.29. The number of aromatic nitrogens is 1. The maximum Gasteiger partial charge on any atom is 0.573 e. The van der Waals surface area contributed by atoms with E-state index in [9.17, 15) is 17.6 Å². The van der Waals surface area contributed by atoms with E-state index in [1.165, 1.54) is 42.7 Å². The van der Waals surface area contributed by atoms with Crippen LogP contribution in [-0.4, -0.2) is 29.7 Å². The molecule has 3 N–H and O–H groups in total. The summed E-state index contributed by atoms with van der Waals surface area (Å²) in [6.45, 7) is 6.43. The summed E-state index contributed by atoms with van der Waals surface area (Å²) in [5.41, 5.74) is 6.73. The highest BCUT2D eigenvalue weighted by Crippen LogP contribution is 2.40. The number of benzene rings is 2. The molecule has 4 rings (SSSR count). The van der Waals surface area contributed by atoms with Crippen LogP contribution in [0.4, 0.5) is 17.6 Å². The highest BCUT2D eigenvalue weighted by molar-refractivity contribution is 6.12. The first-order chi connectivity index (χ1) is 17.2. The van der Waals surface area contributed by atoms with Crippen molar-refractivity contribution in [3.63, 3.8) is 0 Å². The predicted molar refractivity (Wildman–Crippen MR) is 132 cm³/mol. The first-order valence-electron chi connectivity index (χ1n) is 11.5. The van der Waals surface area contributed by atoms with Gasteiger partial charge in [0.15, 0.2) is 11.5 Å². The Labute approximate surface area is 207 Å². The summed E-state index contributed by atoms with van der Waals surface area (Å²) >= 11 is 0. The number of hydrogen-bond donors (Lipinski definition) is 2. The van der Waals surface area contributed by atoms with Crippen molar-refractivity contribution in [3.05, 3.63) is 83.9 Å². The molecule has 1 aromatic heterocycles. The molecule has 36 heavy (non-hydrogen) atoms. The van der Waals surface area contributed by atoms with Crippen LogP contribution < -0.4 is 15.8 Å². The normalized spacial score (nSPS) is 18.2. The number of aliphatic imine (C=N–C) groups is 2. The molecule has 1 aliphatic heterocycles. The number of rotatable bonds is 6. The maximum atomic E-state index is 14.5. The first-order valence-corrected chi connectivity index (χ1v) is 11.5. The van der Waals surface area contributed by atoms with Gasteiger partial charge in [-0.15, -0.1) is 13.2 Å². The van der Waals surface area contributed by atoms with E-state index < -0.39 is 17.7 Å². The summed E-state index contributed by atoms with van der Waals surface area (Å²) in [5, 5.41) is 2.98. The molecule has 6 nitrogen and oxygen atoms in total. The fraction of sp³-hybridized carbons (Fsp3) is 0.269. The van der Waals surface area contributed by atoms with Crippen LogP contribution in [0.25, 0.3) is 11.1 Å². The average Bonchev–Trinajstić information content (AvgIpc) is 3.20. The molecule has 0 amide bonds. The minimum Gasteiger partial charge on any atom is -0.406 e. The Morgan fingerprint density at radius 3 is 2.42 bits per heavy atom. The van der Waals surface area contributed by atoms with Crippen LogP contribution in [0.2, 0.25) is 0 Å². The Balaban J connectivity index is 0.00000176. The van der Waals surface area contributed by atoms with Gasteiger partial charge in [-0.3, -0.25) is 9.98 Å². The molecule has 1 aliphatic rings. The molecule has 2 heterocycles. The zero-order chi connectivity index (χ0) is 26.3. The number of guanidine groups is 1. The van der Waals surface area contributed by atoms with E-state index in [0.717, 1.165) is 6.42 Å². The van der Waals surface area contributed by atoms with Crippen LogP contribution in [0.5, 0.6) is 5.75 Å². The molecular formula is C26H27F4N5O. The molecule has 190 valence electrons. The van der Waals surface area contributed by atoms with E-state index in [0.29, 0.717) is 34.6 Å². The van der Waals surface area contributed by atoms with E-state index in [-0.39, 0.29) is 11.7 Å². The number of amidine groups is 1.